The third-order valence-corrected chi connectivity index (χ3v) is 4.39. The van der Waals surface area contributed by atoms with Gasteiger partial charge in [0.2, 0.25) is 0 Å². The highest BCUT2D eigenvalue weighted by Crippen LogP contribution is 2.30. The number of hydrogen-bond donors (Lipinski definition) is 2. The Balaban J connectivity index is 1.77. The maximum Gasteiger partial charge on any atom is 0.251 e. The SMILES string of the molecule is NC(=S)c1ccc(C(=O)N[C@@H]2CCCc3cc(F)ccc32)cc1. The number of nitrogens with two attached hydrogens (primary N) is 1. The standard InChI is InChI=1S/C18H17FN2OS/c19-14-8-9-15-13(10-14)2-1-3-16(15)21-18(22)12-6-4-11(5-7-12)17(20)23/h4-10,16H,1-3H2,(H2,20,23)(H,21,22)/t16-/m1/s1. The van der Waals surface area contributed by atoms with Crippen LogP contribution in [-0.2, 0) is 6.42 Å². The van der Waals surface area contributed by atoms with Gasteiger partial charge >= 0.3 is 0 Å². The zero-order valence-electron chi connectivity index (χ0n) is 12.5. The first-order chi connectivity index (χ1) is 11.0. The van der Waals surface area contributed by atoms with Crippen molar-refractivity contribution in [1.82, 2.24) is 5.32 Å². The van der Waals surface area contributed by atoms with Gasteiger partial charge < -0.3 is 11.1 Å². The number of nitrogens with one attached hydrogen (secondary N) is 1. The van der Waals surface area contributed by atoms with Crippen molar-refractivity contribution >= 4 is 23.1 Å². The van der Waals surface area contributed by atoms with Crippen molar-refractivity contribution in [3.63, 3.8) is 0 Å². The first kappa shape index (κ1) is 15.6. The molecule has 0 saturated heterocycles. The molecule has 0 bridgehead atoms. The molecule has 3 nitrogen and oxygen atoms in total. The highest BCUT2D eigenvalue weighted by Gasteiger charge is 2.22. The molecule has 1 aliphatic carbocycles. The van der Waals surface area contributed by atoms with Crippen LogP contribution in [0.15, 0.2) is 42.5 Å². The van der Waals surface area contributed by atoms with Gasteiger partial charge in [0.05, 0.1) is 6.04 Å². The predicted octanol–water partition coefficient (Wildman–Crippen LogP) is 3.27. The second-order valence-corrected chi connectivity index (χ2v) is 6.14. The average molecular weight is 328 g/mol. The molecule has 118 valence electrons. The number of carbonyl (C=O) groups is 1. The first-order valence-electron chi connectivity index (χ1n) is 7.53. The van der Waals surface area contributed by atoms with Gasteiger partial charge in [0.15, 0.2) is 0 Å². The van der Waals surface area contributed by atoms with Crippen LogP contribution in [-0.4, -0.2) is 10.9 Å². The van der Waals surface area contributed by atoms with E-state index in [1.54, 1.807) is 36.4 Å². The van der Waals surface area contributed by atoms with Gasteiger partial charge in [0.25, 0.3) is 5.91 Å². The number of benzene rings is 2. The van der Waals surface area contributed by atoms with E-state index in [2.05, 4.69) is 5.32 Å². The fourth-order valence-corrected chi connectivity index (χ4v) is 3.10. The van der Waals surface area contributed by atoms with E-state index in [1.165, 1.54) is 6.07 Å². The van der Waals surface area contributed by atoms with Crippen LogP contribution in [0.3, 0.4) is 0 Å². The highest BCUT2D eigenvalue weighted by molar-refractivity contribution is 7.80. The molecule has 0 unspecified atom stereocenters. The monoisotopic (exact) mass is 328 g/mol. The number of carbonyl (C=O) groups excluding carboxylic acids is 1. The molecule has 0 radical (unpaired) electrons. The predicted molar refractivity (Wildman–Crippen MR) is 91.9 cm³/mol. The normalized spacial score (nSPS) is 16.5. The summed E-state index contributed by atoms with van der Waals surface area (Å²) in [5.41, 5.74) is 8.82. The summed E-state index contributed by atoms with van der Waals surface area (Å²) in [4.78, 5) is 12.7. The molecule has 0 spiro atoms. The van der Waals surface area contributed by atoms with Crippen LogP contribution in [0.25, 0.3) is 0 Å². The molecular weight excluding hydrogens is 311 g/mol. The fourth-order valence-electron chi connectivity index (χ4n) is 2.96. The molecule has 1 atom stereocenters. The van der Waals surface area contributed by atoms with E-state index in [0.717, 1.165) is 36.0 Å². The molecule has 5 heteroatoms. The van der Waals surface area contributed by atoms with Crippen LogP contribution in [0.5, 0.6) is 0 Å². The van der Waals surface area contributed by atoms with Crippen LogP contribution in [0, 0.1) is 5.82 Å². The topological polar surface area (TPSA) is 55.1 Å². The summed E-state index contributed by atoms with van der Waals surface area (Å²) in [6, 6.07) is 11.6. The van der Waals surface area contributed by atoms with E-state index >= 15 is 0 Å². The second kappa shape index (κ2) is 6.46. The number of thiocarbonyl (C=S) groups is 1. The lowest BCUT2D eigenvalue weighted by Crippen LogP contribution is -2.31. The maximum atomic E-state index is 13.3. The Bertz CT molecular complexity index is 758. The Morgan fingerprint density at radius 1 is 1.17 bits per heavy atom. The van der Waals surface area contributed by atoms with E-state index in [-0.39, 0.29) is 17.8 Å². The molecule has 0 saturated carbocycles. The molecule has 3 rings (SSSR count). The number of amides is 1. The van der Waals surface area contributed by atoms with Gasteiger partial charge in [-0.2, -0.15) is 0 Å². The van der Waals surface area contributed by atoms with Crippen molar-refractivity contribution in [2.45, 2.75) is 25.3 Å². The van der Waals surface area contributed by atoms with E-state index in [0.29, 0.717) is 10.6 Å². The molecule has 0 fully saturated rings. The van der Waals surface area contributed by atoms with Gasteiger partial charge in [0, 0.05) is 11.1 Å². The van der Waals surface area contributed by atoms with Crippen molar-refractivity contribution in [3.8, 4) is 0 Å². The third-order valence-electron chi connectivity index (χ3n) is 4.16. The molecule has 2 aromatic rings. The largest absolute Gasteiger partial charge is 0.389 e. The van der Waals surface area contributed by atoms with Crippen molar-refractivity contribution in [2.24, 2.45) is 5.73 Å². The van der Waals surface area contributed by atoms with Gasteiger partial charge in [-0.15, -0.1) is 0 Å². The Morgan fingerprint density at radius 3 is 2.57 bits per heavy atom. The highest BCUT2D eigenvalue weighted by atomic mass is 32.1. The molecule has 1 amide bonds. The summed E-state index contributed by atoms with van der Waals surface area (Å²) < 4.78 is 13.3. The lowest BCUT2D eigenvalue weighted by molar-refractivity contribution is 0.0933. The average Bonchev–Trinajstić information content (AvgIpc) is 2.54. The summed E-state index contributed by atoms with van der Waals surface area (Å²) in [5, 5.41) is 3.03. The number of hydrogen-bond acceptors (Lipinski definition) is 2. The quantitative estimate of drug-likeness (QED) is 0.850. The molecule has 23 heavy (non-hydrogen) atoms. The number of halogens is 1. The van der Waals surface area contributed by atoms with Gasteiger partial charge in [0.1, 0.15) is 10.8 Å². The van der Waals surface area contributed by atoms with Crippen LogP contribution in [0.4, 0.5) is 4.39 Å². The van der Waals surface area contributed by atoms with Gasteiger partial charge in [-0.05, 0) is 54.7 Å². The molecule has 2 aromatic carbocycles. The zero-order chi connectivity index (χ0) is 16.4. The minimum atomic E-state index is -0.232. The number of aryl methyl sites for hydroxylation is 1. The van der Waals surface area contributed by atoms with Crippen LogP contribution in [0.1, 0.15) is 45.9 Å². The van der Waals surface area contributed by atoms with Gasteiger partial charge in [-0.1, -0.05) is 30.4 Å². The van der Waals surface area contributed by atoms with Crippen LogP contribution >= 0.6 is 12.2 Å². The second-order valence-electron chi connectivity index (χ2n) is 5.70. The summed E-state index contributed by atoms with van der Waals surface area (Å²) >= 11 is 4.90. The van der Waals surface area contributed by atoms with Crippen molar-refractivity contribution < 1.29 is 9.18 Å². The fraction of sp³-hybridized carbons (Fsp3) is 0.222. The van der Waals surface area contributed by atoms with Gasteiger partial charge in [-0.25, -0.2) is 4.39 Å². The number of rotatable bonds is 3. The van der Waals surface area contributed by atoms with Crippen LogP contribution < -0.4 is 11.1 Å². The Kier molecular flexibility index (Phi) is 4.39. The molecule has 0 aromatic heterocycles. The van der Waals surface area contributed by atoms with Crippen molar-refractivity contribution in [3.05, 3.63) is 70.5 Å². The third kappa shape index (κ3) is 3.40. The van der Waals surface area contributed by atoms with Crippen molar-refractivity contribution in [1.29, 1.82) is 0 Å². The molecule has 3 N–H and O–H groups in total. The summed E-state index contributed by atoms with van der Waals surface area (Å²) in [6.45, 7) is 0. The summed E-state index contributed by atoms with van der Waals surface area (Å²) in [6.07, 6.45) is 2.64. The van der Waals surface area contributed by atoms with Gasteiger partial charge in [-0.3, -0.25) is 4.79 Å². The Labute approximate surface area is 139 Å². The Hall–Kier alpha value is -2.27. The number of fused-ring (bicyclic) bond motifs is 1. The smallest absolute Gasteiger partial charge is 0.251 e. The van der Waals surface area contributed by atoms with E-state index < -0.39 is 0 Å². The minimum absolute atomic E-state index is 0.0814. The lowest BCUT2D eigenvalue weighted by Gasteiger charge is -2.26. The van der Waals surface area contributed by atoms with Crippen LogP contribution in [0.2, 0.25) is 0 Å². The molecule has 0 heterocycles. The molecule has 0 aliphatic heterocycles. The van der Waals surface area contributed by atoms with E-state index in [1.807, 2.05) is 0 Å². The van der Waals surface area contributed by atoms with Crippen molar-refractivity contribution in [2.75, 3.05) is 0 Å². The first-order valence-corrected chi connectivity index (χ1v) is 7.94. The van der Waals surface area contributed by atoms with E-state index in [9.17, 15) is 9.18 Å². The minimum Gasteiger partial charge on any atom is -0.389 e. The summed E-state index contributed by atoms with van der Waals surface area (Å²) in [5.74, 6) is -0.384. The summed E-state index contributed by atoms with van der Waals surface area (Å²) in [7, 11) is 0. The molecule has 1 aliphatic rings. The molecular formula is C18H17FN2OS. The Morgan fingerprint density at radius 2 is 1.87 bits per heavy atom. The maximum absolute atomic E-state index is 13.3. The lowest BCUT2D eigenvalue weighted by atomic mass is 9.87. The zero-order valence-corrected chi connectivity index (χ0v) is 13.3. The van der Waals surface area contributed by atoms with E-state index in [4.69, 9.17) is 18.0 Å².